The number of anilines is 1. The Bertz CT molecular complexity index is 681. The molecule has 3 N–H and O–H groups in total. The monoisotopic (exact) mass is 285 g/mol. The van der Waals surface area contributed by atoms with Crippen molar-refractivity contribution in [2.75, 3.05) is 5.73 Å². The van der Waals surface area contributed by atoms with Crippen LogP contribution in [0.5, 0.6) is 0 Å². The minimum atomic E-state index is -0.460. The first-order valence-electron chi connectivity index (χ1n) is 6.35. The third-order valence-corrected chi connectivity index (χ3v) is 3.22. The van der Waals surface area contributed by atoms with Gasteiger partial charge in [-0.1, -0.05) is 18.2 Å². The smallest absolute Gasteiger partial charge is 0.269 e. The molecule has 0 atom stereocenters. The molecule has 0 aliphatic carbocycles. The molecule has 0 radical (unpaired) electrons. The SMILES string of the molecule is Cc1c(N)cccc1C(=O)NCc1ccc([N+](=O)[O-])cc1. The van der Waals surface area contributed by atoms with Crippen LogP contribution in [0.2, 0.25) is 0 Å². The first-order chi connectivity index (χ1) is 9.99. The van der Waals surface area contributed by atoms with Crippen molar-refractivity contribution in [2.24, 2.45) is 0 Å². The highest BCUT2D eigenvalue weighted by Crippen LogP contribution is 2.16. The number of carbonyl (C=O) groups excluding carboxylic acids is 1. The van der Waals surface area contributed by atoms with Crippen molar-refractivity contribution in [3.63, 3.8) is 0 Å². The Balaban J connectivity index is 2.04. The number of non-ortho nitro benzene ring substituents is 1. The molecule has 6 nitrogen and oxygen atoms in total. The molecule has 0 fully saturated rings. The minimum absolute atomic E-state index is 0.0248. The van der Waals surface area contributed by atoms with E-state index in [1.54, 1.807) is 37.3 Å². The summed E-state index contributed by atoms with van der Waals surface area (Å²) in [6.45, 7) is 2.08. The number of benzene rings is 2. The molecular formula is C15H15N3O3. The molecule has 0 bridgehead atoms. The molecule has 1 amide bonds. The number of amides is 1. The summed E-state index contributed by atoms with van der Waals surface area (Å²) in [5.74, 6) is -0.224. The fraction of sp³-hybridized carbons (Fsp3) is 0.133. The summed E-state index contributed by atoms with van der Waals surface area (Å²) in [5, 5.41) is 13.3. The lowest BCUT2D eigenvalue weighted by Crippen LogP contribution is -2.23. The van der Waals surface area contributed by atoms with Crippen LogP contribution in [0, 0.1) is 17.0 Å². The predicted octanol–water partition coefficient (Wildman–Crippen LogP) is 2.42. The van der Waals surface area contributed by atoms with Gasteiger partial charge in [0.2, 0.25) is 0 Å². The van der Waals surface area contributed by atoms with Crippen molar-refractivity contribution in [2.45, 2.75) is 13.5 Å². The van der Waals surface area contributed by atoms with E-state index in [4.69, 9.17) is 5.73 Å². The molecule has 2 aromatic rings. The fourth-order valence-electron chi connectivity index (χ4n) is 1.91. The van der Waals surface area contributed by atoms with Gasteiger partial charge in [0.1, 0.15) is 0 Å². The van der Waals surface area contributed by atoms with E-state index in [2.05, 4.69) is 5.32 Å². The van der Waals surface area contributed by atoms with Crippen molar-refractivity contribution >= 4 is 17.3 Å². The van der Waals surface area contributed by atoms with Gasteiger partial charge in [-0.3, -0.25) is 14.9 Å². The summed E-state index contributed by atoms with van der Waals surface area (Å²) in [5.41, 5.74) is 8.41. The van der Waals surface area contributed by atoms with Gasteiger partial charge >= 0.3 is 0 Å². The van der Waals surface area contributed by atoms with Crippen LogP contribution in [0.4, 0.5) is 11.4 Å². The molecule has 21 heavy (non-hydrogen) atoms. The number of rotatable bonds is 4. The van der Waals surface area contributed by atoms with Crippen LogP contribution in [-0.4, -0.2) is 10.8 Å². The van der Waals surface area contributed by atoms with Crippen LogP contribution in [0.1, 0.15) is 21.5 Å². The maximum atomic E-state index is 12.1. The van der Waals surface area contributed by atoms with E-state index in [1.165, 1.54) is 12.1 Å². The van der Waals surface area contributed by atoms with Crippen LogP contribution >= 0.6 is 0 Å². The van der Waals surface area contributed by atoms with Crippen LogP contribution in [0.25, 0.3) is 0 Å². The highest BCUT2D eigenvalue weighted by atomic mass is 16.6. The van der Waals surface area contributed by atoms with E-state index in [9.17, 15) is 14.9 Å². The Morgan fingerprint density at radius 1 is 1.24 bits per heavy atom. The standard InChI is InChI=1S/C15H15N3O3/c1-10-13(3-2-4-14(10)16)15(19)17-9-11-5-7-12(8-6-11)18(20)21/h2-8H,9,16H2,1H3,(H,17,19). The lowest BCUT2D eigenvalue weighted by atomic mass is 10.1. The summed E-state index contributed by atoms with van der Waals surface area (Å²) >= 11 is 0. The number of carbonyl (C=O) groups is 1. The van der Waals surface area contributed by atoms with Crippen LogP contribution < -0.4 is 11.1 Å². The van der Waals surface area contributed by atoms with E-state index in [0.717, 1.165) is 11.1 Å². The van der Waals surface area contributed by atoms with Crippen LogP contribution in [0.3, 0.4) is 0 Å². The zero-order chi connectivity index (χ0) is 15.4. The van der Waals surface area contributed by atoms with Crippen LogP contribution in [-0.2, 0) is 6.54 Å². The maximum absolute atomic E-state index is 12.1. The molecule has 0 saturated carbocycles. The minimum Gasteiger partial charge on any atom is -0.398 e. The van der Waals surface area contributed by atoms with Gasteiger partial charge in [-0.05, 0) is 30.2 Å². The second-order valence-electron chi connectivity index (χ2n) is 4.63. The normalized spacial score (nSPS) is 10.1. The fourth-order valence-corrected chi connectivity index (χ4v) is 1.91. The highest BCUT2D eigenvalue weighted by Gasteiger charge is 2.10. The zero-order valence-electron chi connectivity index (χ0n) is 11.5. The molecule has 0 aliphatic rings. The van der Waals surface area contributed by atoms with Gasteiger partial charge in [0.15, 0.2) is 0 Å². The molecule has 0 unspecified atom stereocenters. The first kappa shape index (κ1) is 14.5. The summed E-state index contributed by atoms with van der Waals surface area (Å²) in [6.07, 6.45) is 0. The molecule has 2 rings (SSSR count). The second kappa shape index (κ2) is 6.04. The number of nitrogens with two attached hydrogens (primary N) is 1. The van der Waals surface area contributed by atoms with E-state index in [-0.39, 0.29) is 11.6 Å². The molecule has 0 aromatic heterocycles. The Morgan fingerprint density at radius 2 is 1.90 bits per heavy atom. The first-order valence-corrected chi connectivity index (χ1v) is 6.35. The Labute approximate surface area is 121 Å². The Morgan fingerprint density at radius 3 is 2.52 bits per heavy atom. The Hall–Kier alpha value is -2.89. The molecule has 108 valence electrons. The second-order valence-corrected chi connectivity index (χ2v) is 4.63. The van der Waals surface area contributed by atoms with Crippen LogP contribution in [0.15, 0.2) is 42.5 Å². The number of nitro benzene ring substituents is 1. The molecular weight excluding hydrogens is 270 g/mol. The summed E-state index contributed by atoms with van der Waals surface area (Å²) < 4.78 is 0. The van der Waals surface area contributed by atoms with Crippen molar-refractivity contribution in [3.8, 4) is 0 Å². The van der Waals surface area contributed by atoms with E-state index in [0.29, 0.717) is 17.8 Å². The third kappa shape index (κ3) is 3.36. The number of nitro groups is 1. The molecule has 6 heteroatoms. The van der Waals surface area contributed by atoms with Gasteiger partial charge in [0.25, 0.3) is 11.6 Å². The summed E-state index contributed by atoms with van der Waals surface area (Å²) in [4.78, 5) is 22.2. The van der Waals surface area contributed by atoms with Gasteiger partial charge in [-0.25, -0.2) is 0 Å². The van der Waals surface area contributed by atoms with Gasteiger partial charge in [0.05, 0.1) is 4.92 Å². The number of hydrogen-bond acceptors (Lipinski definition) is 4. The molecule has 0 saturated heterocycles. The van der Waals surface area contributed by atoms with E-state index in [1.807, 2.05) is 0 Å². The summed E-state index contributed by atoms with van der Waals surface area (Å²) in [7, 11) is 0. The summed E-state index contributed by atoms with van der Waals surface area (Å²) in [6, 6.07) is 11.2. The van der Waals surface area contributed by atoms with E-state index < -0.39 is 4.92 Å². The maximum Gasteiger partial charge on any atom is 0.269 e. The molecule has 2 aromatic carbocycles. The molecule has 0 spiro atoms. The van der Waals surface area contributed by atoms with Gasteiger partial charge in [-0.2, -0.15) is 0 Å². The van der Waals surface area contributed by atoms with Gasteiger partial charge in [0, 0.05) is 29.9 Å². The average Bonchev–Trinajstić information content (AvgIpc) is 2.48. The van der Waals surface area contributed by atoms with Crippen molar-refractivity contribution in [1.29, 1.82) is 0 Å². The van der Waals surface area contributed by atoms with Crippen molar-refractivity contribution < 1.29 is 9.72 Å². The van der Waals surface area contributed by atoms with Crippen molar-refractivity contribution in [1.82, 2.24) is 5.32 Å². The zero-order valence-corrected chi connectivity index (χ0v) is 11.5. The van der Waals surface area contributed by atoms with Crippen molar-refractivity contribution in [3.05, 3.63) is 69.3 Å². The number of hydrogen-bond donors (Lipinski definition) is 2. The average molecular weight is 285 g/mol. The van der Waals surface area contributed by atoms with E-state index >= 15 is 0 Å². The third-order valence-electron chi connectivity index (χ3n) is 3.22. The highest BCUT2D eigenvalue weighted by molar-refractivity contribution is 5.96. The Kier molecular flexibility index (Phi) is 4.18. The molecule has 0 aliphatic heterocycles. The largest absolute Gasteiger partial charge is 0.398 e. The van der Waals surface area contributed by atoms with Gasteiger partial charge < -0.3 is 11.1 Å². The number of nitrogen functional groups attached to an aromatic ring is 1. The number of nitrogens with zero attached hydrogens (tertiary/aromatic N) is 1. The van der Waals surface area contributed by atoms with Gasteiger partial charge in [-0.15, -0.1) is 0 Å². The lowest BCUT2D eigenvalue weighted by molar-refractivity contribution is -0.384. The lowest BCUT2D eigenvalue weighted by Gasteiger charge is -2.09. The molecule has 0 heterocycles. The topological polar surface area (TPSA) is 98.3 Å². The number of nitrogens with one attached hydrogen (secondary N) is 1. The predicted molar refractivity (Wildman–Crippen MR) is 79.9 cm³/mol. The quantitative estimate of drug-likeness (QED) is 0.512.